The van der Waals surface area contributed by atoms with Crippen LogP contribution in [0.4, 0.5) is 0 Å². The molecule has 1 fully saturated rings. The van der Waals surface area contributed by atoms with Gasteiger partial charge in [-0.3, -0.25) is 0 Å². The monoisotopic (exact) mass is 131 g/mol. The number of thioether (sulfide) groups is 1. The van der Waals surface area contributed by atoms with Gasteiger partial charge in [0.2, 0.25) is 0 Å². The SMILES string of the molecule is CSC1(CCN)CC1. The van der Waals surface area contributed by atoms with Crippen LogP contribution in [0.25, 0.3) is 0 Å². The summed E-state index contributed by atoms with van der Waals surface area (Å²) >= 11 is 1.98. The van der Waals surface area contributed by atoms with E-state index in [0.717, 1.165) is 6.54 Å². The predicted molar refractivity (Wildman–Crippen MR) is 39.2 cm³/mol. The Morgan fingerprint density at radius 1 is 1.62 bits per heavy atom. The molecular formula is C6H13NS. The number of rotatable bonds is 3. The van der Waals surface area contributed by atoms with E-state index in [1.165, 1.54) is 19.3 Å². The molecule has 8 heavy (non-hydrogen) atoms. The van der Waals surface area contributed by atoms with Crippen molar-refractivity contribution < 1.29 is 0 Å². The third-order valence-electron chi connectivity index (χ3n) is 1.84. The van der Waals surface area contributed by atoms with Crippen LogP contribution in [0.1, 0.15) is 19.3 Å². The van der Waals surface area contributed by atoms with E-state index in [9.17, 15) is 0 Å². The fraction of sp³-hybridized carbons (Fsp3) is 1.00. The molecule has 0 aliphatic heterocycles. The zero-order valence-corrected chi connectivity index (χ0v) is 6.13. The molecule has 1 aliphatic rings. The lowest BCUT2D eigenvalue weighted by Gasteiger charge is -2.07. The van der Waals surface area contributed by atoms with E-state index in [4.69, 9.17) is 5.73 Å². The van der Waals surface area contributed by atoms with Crippen LogP contribution in [0, 0.1) is 0 Å². The van der Waals surface area contributed by atoms with Crippen molar-refractivity contribution in [3.63, 3.8) is 0 Å². The van der Waals surface area contributed by atoms with Crippen molar-refractivity contribution in [2.24, 2.45) is 5.73 Å². The minimum Gasteiger partial charge on any atom is -0.330 e. The normalized spacial score (nSPS) is 23.2. The van der Waals surface area contributed by atoms with Crippen LogP contribution in [0.5, 0.6) is 0 Å². The lowest BCUT2D eigenvalue weighted by Crippen LogP contribution is -2.10. The van der Waals surface area contributed by atoms with Crippen molar-refractivity contribution in [3.05, 3.63) is 0 Å². The molecule has 0 unspecified atom stereocenters. The van der Waals surface area contributed by atoms with E-state index in [1.807, 2.05) is 11.8 Å². The molecule has 0 aromatic heterocycles. The van der Waals surface area contributed by atoms with Crippen molar-refractivity contribution in [1.29, 1.82) is 0 Å². The average Bonchev–Trinajstić information content (AvgIpc) is 2.50. The van der Waals surface area contributed by atoms with Crippen LogP contribution in [-0.4, -0.2) is 17.5 Å². The molecule has 0 aromatic rings. The van der Waals surface area contributed by atoms with Gasteiger partial charge in [-0.2, -0.15) is 11.8 Å². The van der Waals surface area contributed by atoms with Crippen LogP contribution < -0.4 is 5.73 Å². The Morgan fingerprint density at radius 2 is 2.25 bits per heavy atom. The van der Waals surface area contributed by atoms with Gasteiger partial charge in [0.25, 0.3) is 0 Å². The molecule has 0 bridgehead atoms. The zero-order chi connectivity index (χ0) is 6.04. The number of hydrogen-bond donors (Lipinski definition) is 1. The smallest absolute Gasteiger partial charge is 0.0170 e. The van der Waals surface area contributed by atoms with Crippen molar-refractivity contribution >= 4 is 11.8 Å². The molecule has 0 amide bonds. The topological polar surface area (TPSA) is 26.0 Å². The van der Waals surface area contributed by atoms with Crippen LogP contribution in [0.2, 0.25) is 0 Å². The van der Waals surface area contributed by atoms with Gasteiger partial charge in [-0.05, 0) is 32.1 Å². The summed E-state index contributed by atoms with van der Waals surface area (Å²) in [6.07, 6.45) is 6.19. The zero-order valence-electron chi connectivity index (χ0n) is 5.31. The summed E-state index contributed by atoms with van der Waals surface area (Å²) in [4.78, 5) is 0. The molecule has 0 radical (unpaired) electrons. The summed E-state index contributed by atoms with van der Waals surface area (Å²) < 4.78 is 0.634. The van der Waals surface area contributed by atoms with Gasteiger partial charge in [0.1, 0.15) is 0 Å². The Kier molecular flexibility index (Phi) is 1.83. The maximum Gasteiger partial charge on any atom is 0.0170 e. The summed E-state index contributed by atoms with van der Waals surface area (Å²) in [7, 11) is 0. The van der Waals surface area contributed by atoms with Gasteiger partial charge in [0.05, 0.1) is 0 Å². The Hall–Kier alpha value is 0.310. The second-order valence-corrected chi connectivity index (χ2v) is 3.70. The highest BCUT2D eigenvalue weighted by atomic mass is 32.2. The fourth-order valence-electron chi connectivity index (χ4n) is 0.959. The molecule has 0 heterocycles. The largest absolute Gasteiger partial charge is 0.330 e. The van der Waals surface area contributed by atoms with Gasteiger partial charge in [-0.15, -0.1) is 0 Å². The van der Waals surface area contributed by atoms with E-state index < -0.39 is 0 Å². The Morgan fingerprint density at radius 3 is 2.38 bits per heavy atom. The summed E-state index contributed by atoms with van der Waals surface area (Å²) in [5, 5.41) is 0. The third-order valence-corrected chi connectivity index (χ3v) is 3.32. The van der Waals surface area contributed by atoms with Gasteiger partial charge in [-0.1, -0.05) is 0 Å². The van der Waals surface area contributed by atoms with Gasteiger partial charge in [0.15, 0.2) is 0 Å². The first-order valence-electron chi connectivity index (χ1n) is 3.08. The summed E-state index contributed by atoms with van der Waals surface area (Å²) in [5.74, 6) is 0. The van der Waals surface area contributed by atoms with E-state index >= 15 is 0 Å². The molecule has 1 aliphatic carbocycles. The highest BCUT2D eigenvalue weighted by Crippen LogP contribution is 2.49. The molecule has 2 N–H and O–H groups in total. The van der Waals surface area contributed by atoms with E-state index in [1.54, 1.807) is 0 Å². The first-order valence-corrected chi connectivity index (χ1v) is 4.31. The van der Waals surface area contributed by atoms with Crippen molar-refractivity contribution in [2.45, 2.75) is 24.0 Å². The minimum absolute atomic E-state index is 0.634. The van der Waals surface area contributed by atoms with E-state index in [0.29, 0.717) is 4.75 Å². The van der Waals surface area contributed by atoms with Crippen LogP contribution in [0.15, 0.2) is 0 Å². The first-order chi connectivity index (χ1) is 3.83. The van der Waals surface area contributed by atoms with Gasteiger partial charge < -0.3 is 5.73 Å². The van der Waals surface area contributed by atoms with Crippen LogP contribution in [0.3, 0.4) is 0 Å². The van der Waals surface area contributed by atoms with E-state index in [2.05, 4.69) is 6.26 Å². The Balaban J connectivity index is 2.20. The van der Waals surface area contributed by atoms with Crippen molar-refractivity contribution in [1.82, 2.24) is 0 Å². The molecule has 0 saturated heterocycles. The standard InChI is InChI=1S/C6H13NS/c1-8-6(2-3-6)4-5-7/h2-5,7H2,1H3. The lowest BCUT2D eigenvalue weighted by molar-refractivity contribution is 0.783. The second-order valence-electron chi connectivity index (χ2n) is 2.43. The highest BCUT2D eigenvalue weighted by molar-refractivity contribution is 8.00. The summed E-state index contributed by atoms with van der Waals surface area (Å²) in [5.41, 5.74) is 5.42. The molecule has 0 spiro atoms. The second kappa shape index (κ2) is 2.28. The molecule has 1 nitrogen and oxygen atoms in total. The number of hydrogen-bond acceptors (Lipinski definition) is 2. The average molecular weight is 131 g/mol. The molecule has 1 saturated carbocycles. The predicted octanol–water partition coefficient (Wildman–Crippen LogP) is 1.23. The summed E-state index contributed by atoms with van der Waals surface area (Å²) in [6.45, 7) is 0.862. The number of nitrogens with two attached hydrogens (primary N) is 1. The quantitative estimate of drug-likeness (QED) is 0.623. The third kappa shape index (κ3) is 1.17. The van der Waals surface area contributed by atoms with Gasteiger partial charge in [0, 0.05) is 4.75 Å². The van der Waals surface area contributed by atoms with Crippen LogP contribution in [-0.2, 0) is 0 Å². The molecule has 1 rings (SSSR count). The van der Waals surface area contributed by atoms with Gasteiger partial charge >= 0.3 is 0 Å². The summed E-state index contributed by atoms with van der Waals surface area (Å²) in [6, 6.07) is 0. The molecule has 48 valence electrons. The van der Waals surface area contributed by atoms with Gasteiger partial charge in [-0.25, -0.2) is 0 Å². The first kappa shape index (κ1) is 6.43. The van der Waals surface area contributed by atoms with Crippen molar-refractivity contribution in [2.75, 3.05) is 12.8 Å². The maximum absolute atomic E-state index is 5.42. The van der Waals surface area contributed by atoms with E-state index in [-0.39, 0.29) is 0 Å². The minimum atomic E-state index is 0.634. The van der Waals surface area contributed by atoms with Crippen molar-refractivity contribution in [3.8, 4) is 0 Å². The van der Waals surface area contributed by atoms with Crippen LogP contribution >= 0.6 is 11.8 Å². The Bertz CT molecular complexity index is 78.6. The molecule has 0 aromatic carbocycles. The Labute approximate surface area is 55.0 Å². The highest BCUT2D eigenvalue weighted by Gasteiger charge is 2.40. The fourth-order valence-corrected chi connectivity index (χ4v) is 1.79. The molecule has 2 heteroatoms. The molecule has 0 atom stereocenters. The lowest BCUT2D eigenvalue weighted by atomic mass is 10.3. The molecular weight excluding hydrogens is 118 g/mol. The maximum atomic E-state index is 5.42.